The molecule has 0 aliphatic rings. The quantitative estimate of drug-likeness (QED) is 0.155. The highest BCUT2D eigenvalue weighted by Gasteiger charge is 2.30. The lowest BCUT2D eigenvalue weighted by atomic mass is 10.0. The van der Waals surface area contributed by atoms with Crippen LogP contribution >= 0.6 is 0 Å². The van der Waals surface area contributed by atoms with Crippen LogP contribution < -0.4 is 21.7 Å². The fourth-order valence-electron chi connectivity index (χ4n) is 2.97. The maximum atomic E-state index is 13.0. The highest BCUT2D eigenvalue weighted by atomic mass is 16.4. The zero-order valence-corrected chi connectivity index (χ0v) is 19.1. The zero-order valence-electron chi connectivity index (χ0n) is 19.1. The molecule has 1 aromatic rings. The van der Waals surface area contributed by atoms with E-state index in [9.17, 15) is 33.9 Å². The van der Waals surface area contributed by atoms with Crippen molar-refractivity contribution in [3.63, 3.8) is 0 Å². The van der Waals surface area contributed by atoms with Gasteiger partial charge in [-0.25, -0.2) is 4.79 Å². The van der Waals surface area contributed by atoms with Crippen LogP contribution in [0, 0.1) is 0 Å². The highest BCUT2D eigenvalue weighted by molar-refractivity contribution is 5.94. The first-order valence-corrected chi connectivity index (χ1v) is 10.8. The van der Waals surface area contributed by atoms with Crippen molar-refractivity contribution in [2.75, 3.05) is 0 Å². The van der Waals surface area contributed by atoms with Crippen molar-refractivity contribution in [3.05, 3.63) is 35.9 Å². The van der Waals surface area contributed by atoms with E-state index in [2.05, 4.69) is 16.0 Å². The van der Waals surface area contributed by atoms with Crippen LogP contribution in [0.1, 0.15) is 38.2 Å². The summed E-state index contributed by atoms with van der Waals surface area (Å²) in [5.74, 6) is -6.47. The molecule has 0 aromatic heterocycles. The first-order valence-electron chi connectivity index (χ1n) is 10.8. The smallest absolute Gasteiger partial charge is 0.326 e. The van der Waals surface area contributed by atoms with Crippen LogP contribution in [0.15, 0.2) is 30.3 Å². The summed E-state index contributed by atoms with van der Waals surface area (Å²) in [6.07, 6.45) is -1.82. The number of nitrogens with two attached hydrogens (primary N) is 1. The van der Waals surface area contributed by atoms with Gasteiger partial charge in [0.1, 0.15) is 18.1 Å². The fourth-order valence-corrected chi connectivity index (χ4v) is 2.97. The van der Waals surface area contributed by atoms with Gasteiger partial charge in [0.25, 0.3) is 0 Å². The van der Waals surface area contributed by atoms with Crippen LogP contribution in [0.5, 0.6) is 0 Å². The predicted molar refractivity (Wildman–Crippen MR) is 121 cm³/mol. The Hall–Kier alpha value is -4.00. The Balaban J connectivity index is 3.07. The van der Waals surface area contributed by atoms with E-state index in [1.165, 1.54) is 6.92 Å². The van der Waals surface area contributed by atoms with Gasteiger partial charge in [-0.3, -0.25) is 24.0 Å². The van der Waals surface area contributed by atoms with Crippen LogP contribution in [0.3, 0.4) is 0 Å². The van der Waals surface area contributed by atoms with E-state index in [-0.39, 0.29) is 12.8 Å². The summed E-state index contributed by atoms with van der Waals surface area (Å²) in [4.78, 5) is 71.1. The van der Waals surface area contributed by atoms with Gasteiger partial charge in [-0.2, -0.15) is 0 Å². The summed E-state index contributed by atoms with van der Waals surface area (Å²) >= 11 is 0. The number of aliphatic carboxylic acids is 3. The minimum absolute atomic E-state index is 0.0365. The number of amides is 3. The second-order valence-electron chi connectivity index (χ2n) is 7.86. The minimum atomic E-state index is -1.57. The van der Waals surface area contributed by atoms with Gasteiger partial charge in [0.15, 0.2) is 0 Å². The summed E-state index contributed by atoms with van der Waals surface area (Å²) in [6.45, 7) is 1.42. The molecule has 0 aliphatic heterocycles. The van der Waals surface area contributed by atoms with Gasteiger partial charge in [0.2, 0.25) is 17.7 Å². The number of hydrogen-bond donors (Lipinski definition) is 7. The normalized spacial score (nSPS) is 14.0. The first-order chi connectivity index (χ1) is 16.4. The third kappa shape index (κ3) is 11.1. The standard InChI is InChI=1S/C22H30N4O9/c1-12(23)19(31)26-16(11-13-5-3-2-4-6-13)21(33)24-14(7-9-17(27)28)20(32)25-15(22(34)35)8-10-18(29)30/h2-6,12,14-16H,7-11,23H2,1H3,(H,24,33)(H,25,32)(H,26,31)(H,27,28)(H,29,30)(H,34,35). The van der Waals surface area contributed by atoms with Crippen molar-refractivity contribution in [2.24, 2.45) is 5.73 Å². The van der Waals surface area contributed by atoms with Crippen molar-refractivity contribution in [3.8, 4) is 0 Å². The van der Waals surface area contributed by atoms with E-state index in [1.807, 2.05) is 0 Å². The molecule has 1 aromatic carbocycles. The van der Waals surface area contributed by atoms with Crippen molar-refractivity contribution in [1.29, 1.82) is 0 Å². The molecule has 4 atom stereocenters. The summed E-state index contributed by atoms with van der Waals surface area (Å²) in [7, 11) is 0. The molecular formula is C22H30N4O9. The van der Waals surface area contributed by atoms with Gasteiger partial charge in [-0.1, -0.05) is 30.3 Å². The van der Waals surface area contributed by atoms with Crippen molar-refractivity contribution >= 4 is 35.6 Å². The predicted octanol–water partition coefficient (Wildman–Crippen LogP) is -1.16. The van der Waals surface area contributed by atoms with Gasteiger partial charge in [0, 0.05) is 19.3 Å². The van der Waals surface area contributed by atoms with Crippen LogP contribution in [-0.2, 0) is 35.2 Å². The molecule has 0 heterocycles. The first kappa shape index (κ1) is 29.0. The molecule has 35 heavy (non-hydrogen) atoms. The van der Waals surface area contributed by atoms with Gasteiger partial charge >= 0.3 is 17.9 Å². The Bertz CT molecular complexity index is 921. The zero-order chi connectivity index (χ0) is 26.5. The Morgan fingerprint density at radius 2 is 1.20 bits per heavy atom. The number of benzene rings is 1. The van der Waals surface area contributed by atoms with E-state index >= 15 is 0 Å². The van der Waals surface area contributed by atoms with Crippen molar-refractivity contribution < 1.29 is 44.1 Å². The molecule has 4 unspecified atom stereocenters. The Morgan fingerprint density at radius 3 is 1.69 bits per heavy atom. The number of hydrogen-bond acceptors (Lipinski definition) is 7. The molecule has 0 aliphatic carbocycles. The average molecular weight is 495 g/mol. The number of carbonyl (C=O) groups is 6. The van der Waals surface area contributed by atoms with E-state index in [0.717, 1.165) is 0 Å². The molecule has 0 bridgehead atoms. The fraction of sp³-hybridized carbons (Fsp3) is 0.455. The molecule has 13 heteroatoms. The van der Waals surface area contributed by atoms with Crippen LogP contribution in [0.2, 0.25) is 0 Å². The number of carbonyl (C=O) groups excluding carboxylic acids is 3. The Labute approximate surface area is 201 Å². The lowest BCUT2D eigenvalue weighted by Gasteiger charge is -2.25. The second-order valence-corrected chi connectivity index (χ2v) is 7.86. The molecule has 0 saturated carbocycles. The minimum Gasteiger partial charge on any atom is -0.481 e. The van der Waals surface area contributed by atoms with Gasteiger partial charge < -0.3 is 37.0 Å². The Morgan fingerprint density at radius 1 is 0.743 bits per heavy atom. The van der Waals surface area contributed by atoms with Gasteiger partial charge in [0.05, 0.1) is 6.04 Å². The average Bonchev–Trinajstić information content (AvgIpc) is 2.78. The molecule has 0 fully saturated rings. The molecule has 1 rings (SSSR count). The topological polar surface area (TPSA) is 225 Å². The number of nitrogens with one attached hydrogen (secondary N) is 3. The molecule has 13 nitrogen and oxygen atoms in total. The third-order valence-electron chi connectivity index (χ3n) is 4.87. The summed E-state index contributed by atoms with van der Waals surface area (Å²) < 4.78 is 0. The molecule has 3 amide bonds. The number of rotatable bonds is 15. The number of carboxylic acid groups (broad SMARTS) is 3. The van der Waals surface area contributed by atoms with Gasteiger partial charge in [-0.15, -0.1) is 0 Å². The van der Waals surface area contributed by atoms with Crippen LogP contribution in [0.4, 0.5) is 0 Å². The maximum absolute atomic E-state index is 13.0. The van der Waals surface area contributed by atoms with E-state index in [4.69, 9.17) is 15.9 Å². The van der Waals surface area contributed by atoms with Crippen LogP contribution in [0.25, 0.3) is 0 Å². The molecule has 192 valence electrons. The monoisotopic (exact) mass is 494 g/mol. The van der Waals surface area contributed by atoms with Crippen molar-refractivity contribution in [1.82, 2.24) is 16.0 Å². The molecule has 0 spiro atoms. The summed E-state index contributed by atoms with van der Waals surface area (Å²) in [5, 5.41) is 34.0. The van der Waals surface area contributed by atoms with Crippen molar-refractivity contribution in [2.45, 2.75) is 63.2 Å². The van der Waals surface area contributed by atoms with E-state index < -0.39 is 79.1 Å². The van der Waals surface area contributed by atoms with E-state index in [0.29, 0.717) is 5.56 Å². The van der Waals surface area contributed by atoms with E-state index in [1.54, 1.807) is 30.3 Å². The van der Waals surface area contributed by atoms with Crippen LogP contribution in [-0.4, -0.2) is 75.1 Å². The molecule has 8 N–H and O–H groups in total. The highest BCUT2D eigenvalue weighted by Crippen LogP contribution is 2.07. The third-order valence-corrected chi connectivity index (χ3v) is 4.87. The summed E-state index contributed by atoms with van der Waals surface area (Å²) in [6, 6.07) is 3.51. The number of carboxylic acids is 3. The lowest BCUT2D eigenvalue weighted by Crippen LogP contribution is -2.57. The molecule has 0 radical (unpaired) electrons. The molecular weight excluding hydrogens is 464 g/mol. The lowest BCUT2D eigenvalue weighted by molar-refractivity contribution is -0.144. The summed E-state index contributed by atoms with van der Waals surface area (Å²) in [5.41, 5.74) is 6.25. The maximum Gasteiger partial charge on any atom is 0.326 e. The molecule has 0 saturated heterocycles. The Kier molecular flexibility index (Phi) is 11.9. The second kappa shape index (κ2) is 14.3. The largest absolute Gasteiger partial charge is 0.481 e. The SMILES string of the molecule is CC(N)C(=O)NC(Cc1ccccc1)C(=O)NC(CCC(=O)O)C(=O)NC(CCC(=O)O)C(=O)O. The van der Waals surface area contributed by atoms with Gasteiger partial charge in [-0.05, 0) is 25.3 Å².